The summed E-state index contributed by atoms with van der Waals surface area (Å²) in [7, 11) is 0. The number of nitrogen functional groups attached to an aromatic ring is 1. The van der Waals surface area contributed by atoms with Crippen LogP contribution in [-0.2, 0) is 29.1 Å². The Labute approximate surface area is 187 Å². The van der Waals surface area contributed by atoms with Crippen molar-refractivity contribution in [2.75, 3.05) is 25.5 Å². The number of alkyl halides is 3. The second-order valence-electron chi connectivity index (χ2n) is 8.16. The molecule has 1 unspecified atom stereocenters. The molecule has 0 radical (unpaired) electrons. The van der Waals surface area contributed by atoms with Crippen molar-refractivity contribution in [3.8, 4) is 0 Å². The highest BCUT2D eigenvalue weighted by Gasteiger charge is 2.32. The van der Waals surface area contributed by atoms with Crippen molar-refractivity contribution in [2.45, 2.75) is 31.9 Å². The number of anilines is 1. The highest BCUT2D eigenvalue weighted by atomic mass is 19.4. The van der Waals surface area contributed by atoms with Gasteiger partial charge in [-0.2, -0.15) is 13.2 Å². The SMILES string of the molecule is Nc1nc2cnc(C(=O)N3CCOCC3c3ccc(CC(F)(F)F)cc3)cc2c2c1COC2. The van der Waals surface area contributed by atoms with Crippen molar-refractivity contribution >= 4 is 22.6 Å². The Morgan fingerprint density at radius 3 is 2.67 bits per heavy atom. The maximum Gasteiger partial charge on any atom is 0.393 e. The Morgan fingerprint density at radius 1 is 1.15 bits per heavy atom. The van der Waals surface area contributed by atoms with Gasteiger partial charge in [-0.05, 0) is 22.8 Å². The molecule has 2 N–H and O–H groups in total. The predicted octanol–water partition coefficient (Wildman–Crippen LogP) is 3.56. The summed E-state index contributed by atoms with van der Waals surface area (Å²) in [6, 6.07) is 7.39. The van der Waals surface area contributed by atoms with Gasteiger partial charge in [0.2, 0.25) is 0 Å². The molecule has 0 aliphatic carbocycles. The van der Waals surface area contributed by atoms with Gasteiger partial charge in [0.15, 0.2) is 0 Å². The fourth-order valence-electron chi connectivity index (χ4n) is 4.35. The maximum absolute atomic E-state index is 13.4. The lowest BCUT2D eigenvalue weighted by molar-refractivity contribution is -0.127. The van der Waals surface area contributed by atoms with Gasteiger partial charge in [0.1, 0.15) is 11.5 Å². The minimum atomic E-state index is -4.27. The smallest absolute Gasteiger partial charge is 0.383 e. The number of amides is 1. The average Bonchev–Trinajstić information content (AvgIpc) is 3.29. The summed E-state index contributed by atoms with van der Waals surface area (Å²) in [5.41, 5.74) is 9.47. The summed E-state index contributed by atoms with van der Waals surface area (Å²) in [5.74, 6) is 0.118. The van der Waals surface area contributed by atoms with Crippen LogP contribution in [0.3, 0.4) is 0 Å². The number of hydrogen-bond acceptors (Lipinski definition) is 6. The summed E-state index contributed by atoms with van der Waals surface area (Å²) in [6.07, 6.45) is -3.74. The molecule has 1 fully saturated rings. The number of nitrogens with zero attached hydrogens (tertiary/aromatic N) is 3. The van der Waals surface area contributed by atoms with E-state index < -0.39 is 18.6 Å². The number of pyridine rings is 2. The number of fused-ring (bicyclic) bond motifs is 3. The molecule has 0 saturated carbocycles. The molecule has 2 aromatic heterocycles. The molecule has 1 atom stereocenters. The minimum absolute atomic E-state index is 0.167. The number of halogens is 3. The number of aromatic nitrogens is 2. The Balaban J connectivity index is 1.44. The van der Waals surface area contributed by atoms with Gasteiger partial charge in [0, 0.05) is 17.5 Å². The molecule has 10 heteroatoms. The fourth-order valence-corrected chi connectivity index (χ4v) is 4.35. The number of nitrogens with two attached hydrogens (primary N) is 1. The van der Waals surface area contributed by atoms with E-state index >= 15 is 0 Å². The molecule has 1 saturated heterocycles. The lowest BCUT2D eigenvalue weighted by Crippen LogP contribution is -2.43. The molecular formula is C23H21F3N4O3. The molecule has 0 bridgehead atoms. The van der Waals surface area contributed by atoms with E-state index in [9.17, 15) is 18.0 Å². The first-order chi connectivity index (χ1) is 15.8. The molecule has 7 nitrogen and oxygen atoms in total. The highest BCUT2D eigenvalue weighted by Crippen LogP contribution is 2.32. The van der Waals surface area contributed by atoms with Gasteiger partial charge in [0.05, 0.1) is 50.6 Å². The van der Waals surface area contributed by atoms with Gasteiger partial charge >= 0.3 is 6.18 Å². The van der Waals surface area contributed by atoms with Crippen LogP contribution < -0.4 is 5.73 Å². The van der Waals surface area contributed by atoms with Crippen molar-refractivity contribution in [2.24, 2.45) is 0 Å². The van der Waals surface area contributed by atoms with E-state index in [1.807, 2.05) is 0 Å². The molecule has 0 spiro atoms. The largest absolute Gasteiger partial charge is 0.393 e. The van der Waals surface area contributed by atoms with Gasteiger partial charge in [-0.25, -0.2) is 9.97 Å². The lowest BCUT2D eigenvalue weighted by atomic mass is 10.0. The van der Waals surface area contributed by atoms with Crippen LogP contribution in [0.25, 0.3) is 10.9 Å². The summed E-state index contributed by atoms with van der Waals surface area (Å²) in [6.45, 7) is 1.73. The first-order valence-electron chi connectivity index (χ1n) is 10.5. The maximum atomic E-state index is 13.4. The Hall–Kier alpha value is -3.24. The molecule has 5 rings (SSSR count). The number of ether oxygens (including phenoxy) is 2. The van der Waals surface area contributed by atoms with Gasteiger partial charge in [0.25, 0.3) is 5.91 Å². The van der Waals surface area contributed by atoms with Crippen LogP contribution in [0.5, 0.6) is 0 Å². The van der Waals surface area contributed by atoms with E-state index in [0.717, 1.165) is 16.5 Å². The minimum Gasteiger partial charge on any atom is -0.383 e. The van der Waals surface area contributed by atoms with Gasteiger partial charge in [-0.15, -0.1) is 0 Å². The third-order valence-electron chi connectivity index (χ3n) is 5.99. The lowest BCUT2D eigenvalue weighted by Gasteiger charge is -2.35. The van der Waals surface area contributed by atoms with Crippen molar-refractivity contribution in [1.29, 1.82) is 0 Å². The van der Waals surface area contributed by atoms with Crippen LogP contribution in [0.15, 0.2) is 36.5 Å². The average molecular weight is 458 g/mol. The van der Waals surface area contributed by atoms with E-state index in [0.29, 0.717) is 43.3 Å². The second kappa shape index (κ2) is 8.27. The van der Waals surface area contributed by atoms with Crippen molar-refractivity contribution in [3.05, 3.63) is 64.5 Å². The number of hydrogen-bond donors (Lipinski definition) is 1. The summed E-state index contributed by atoms with van der Waals surface area (Å²) in [4.78, 5) is 23.8. The molecule has 2 aliphatic rings. The molecule has 2 aliphatic heterocycles. The van der Waals surface area contributed by atoms with Gasteiger partial charge in [-0.3, -0.25) is 4.79 Å². The summed E-state index contributed by atoms with van der Waals surface area (Å²) < 4.78 is 49.1. The molecule has 33 heavy (non-hydrogen) atoms. The zero-order valence-electron chi connectivity index (χ0n) is 17.6. The van der Waals surface area contributed by atoms with Crippen LogP contribution in [0.4, 0.5) is 19.0 Å². The van der Waals surface area contributed by atoms with E-state index in [2.05, 4.69) is 9.97 Å². The normalized spacial score (nSPS) is 18.5. The number of morpholine rings is 1. The zero-order chi connectivity index (χ0) is 23.2. The quantitative estimate of drug-likeness (QED) is 0.646. The predicted molar refractivity (Wildman–Crippen MR) is 113 cm³/mol. The van der Waals surface area contributed by atoms with E-state index in [1.54, 1.807) is 23.1 Å². The topological polar surface area (TPSA) is 90.6 Å². The van der Waals surface area contributed by atoms with Gasteiger partial charge < -0.3 is 20.1 Å². The number of benzene rings is 1. The molecule has 1 amide bonds. The molecule has 3 aromatic rings. The third-order valence-corrected chi connectivity index (χ3v) is 5.99. The van der Waals surface area contributed by atoms with Crippen molar-refractivity contribution in [1.82, 2.24) is 14.9 Å². The standard InChI is InChI=1S/C23H21F3N4O3/c24-23(25,26)8-13-1-3-14(4-2-13)20-12-32-6-5-30(20)22(31)18-7-15-16-10-33-11-17(16)21(27)29-19(15)9-28-18/h1-4,7,9,20H,5-6,8,10-12H2,(H2,27,29). The third kappa shape index (κ3) is 4.23. The van der Waals surface area contributed by atoms with Gasteiger partial charge in [-0.1, -0.05) is 24.3 Å². The van der Waals surface area contributed by atoms with Crippen molar-refractivity contribution in [3.63, 3.8) is 0 Å². The summed E-state index contributed by atoms with van der Waals surface area (Å²) in [5, 5.41) is 0.774. The number of rotatable bonds is 3. The van der Waals surface area contributed by atoms with E-state index in [-0.39, 0.29) is 23.8 Å². The molecular weight excluding hydrogens is 437 g/mol. The molecule has 4 heterocycles. The highest BCUT2D eigenvalue weighted by molar-refractivity contribution is 5.97. The number of carbonyl (C=O) groups is 1. The first-order valence-corrected chi connectivity index (χ1v) is 10.5. The summed E-state index contributed by atoms with van der Waals surface area (Å²) >= 11 is 0. The van der Waals surface area contributed by atoms with E-state index in [1.165, 1.54) is 18.3 Å². The van der Waals surface area contributed by atoms with Crippen LogP contribution in [0, 0.1) is 0 Å². The van der Waals surface area contributed by atoms with Crippen LogP contribution in [-0.4, -0.2) is 46.7 Å². The first kappa shape index (κ1) is 21.6. The Bertz CT molecular complexity index is 1210. The Morgan fingerprint density at radius 2 is 1.91 bits per heavy atom. The second-order valence-corrected chi connectivity index (χ2v) is 8.16. The van der Waals surface area contributed by atoms with E-state index in [4.69, 9.17) is 15.2 Å². The van der Waals surface area contributed by atoms with Crippen molar-refractivity contribution < 1.29 is 27.4 Å². The fraction of sp³-hybridized carbons (Fsp3) is 0.348. The van der Waals surface area contributed by atoms with Crippen LogP contribution in [0.2, 0.25) is 0 Å². The van der Waals surface area contributed by atoms with Crippen LogP contribution in [0.1, 0.15) is 38.8 Å². The van der Waals surface area contributed by atoms with Crippen LogP contribution >= 0.6 is 0 Å². The molecule has 1 aromatic carbocycles. The Kier molecular flexibility index (Phi) is 5.41. The number of carbonyl (C=O) groups excluding carboxylic acids is 1. The zero-order valence-corrected chi connectivity index (χ0v) is 17.6. The monoisotopic (exact) mass is 458 g/mol. The molecule has 172 valence electrons.